The molecule has 0 unspecified atom stereocenters. The topological polar surface area (TPSA) is 0 Å². The van der Waals surface area contributed by atoms with E-state index in [0.717, 1.165) is 0 Å². The Kier molecular flexibility index (Phi) is 2.56. The fourth-order valence-corrected chi connectivity index (χ4v) is 0.198. The second-order valence-corrected chi connectivity index (χ2v) is 1.44. The van der Waals surface area contributed by atoms with Crippen molar-refractivity contribution in [1.82, 2.24) is 0 Å². The highest BCUT2D eigenvalue weighted by Gasteiger charge is 2.39. The summed E-state index contributed by atoms with van der Waals surface area (Å²) in [6.45, 7) is 2.13. The molecule has 0 aromatic rings. The molecule has 0 saturated heterocycles. The molecule has 0 aliphatic rings. The molecular weight excluding hydrogens is 155 g/mol. The van der Waals surface area contributed by atoms with Gasteiger partial charge in [-0.2, -0.15) is 8.78 Å². The lowest BCUT2D eigenvalue weighted by molar-refractivity contribution is 0.0332. The smallest absolute Gasteiger partial charge is 0.212 e. The van der Waals surface area contributed by atoms with Crippen LogP contribution in [0.3, 0.4) is 0 Å². The monoisotopic (exact) mass is 158 g/mol. The van der Waals surface area contributed by atoms with E-state index in [9.17, 15) is 22.0 Å². The average Bonchev–Trinajstić information content (AvgIpc) is 1.86. The van der Waals surface area contributed by atoms with E-state index >= 15 is 0 Å². The largest absolute Gasteiger partial charge is 0.351 e. The maximum atomic E-state index is 11.8. The molecule has 0 heterocycles. The van der Waals surface area contributed by atoms with E-state index in [2.05, 4.69) is 6.58 Å². The van der Waals surface area contributed by atoms with E-state index in [1.807, 2.05) is 0 Å². The summed E-state index contributed by atoms with van der Waals surface area (Å²) in [6.07, 6.45) is -1.01. The van der Waals surface area contributed by atoms with Crippen LogP contribution in [0.4, 0.5) is 22.0 Å². The lowest BCUT2D eigenvalue weighted by atomic mass is 10.3. The van der Waals surface area contributed by atoms with Crippen LogP contribution in [0.25, 0.3) is 0 Å². The van der Waals surface area contributed by atoms with Crippen molar-refractivity contribution in [3.8, 4) is 0 Å². The summed E-state index contributed by atoms with van der Waals surface area (Å²) >= 11 is 0. The van der Waals surface area contributed by atoms with Crippen molar-refractivity contribution in [3.63, 3.8) is 0 Å². The molecule has 10 heavy (non-hydrogen) atoms. The predicted octanol–water partition coefficient (Wildman–Crippen LogP) is 2.89. The van der Waals surface area contributed by atoms with Crippen molar-refractivity contribution >= 4 is 0 Å². The van der Waals surface area contributed by atoms with Gasteiger partial charge in [-0.25, -0.2) is 13.2 Å². The molecule has 0 nitrogen and oxygen atoms in total. The quantitative estimate of drug-likeness (QED) is 0.542. The second kappa shape index (κ2) is 2.81. The SMILES string of the molecule is C=C(F)C(F)(F)C(F)=CF. The third-order valence-corrected chi connectivity index (χ3v) is 0.736. The van der Waals surface area contributed by atoms with E-state index < -0.39 is 23.9 Å². The van der Waals surface area contributed by atoms with Gasteiger partial charge in [0.25, 0.3) is 0 Å². The molecule has 5 heteroatoms. The van der Waals surface area contributed by atoms with Gasteiger partial charge in [-0.05, 0) is 0 Å². The van der Waals surface area contributed by atoms with E-state index in [4.69, 9.17) is 0 Å². The van der Waals surface area contributed by atoms with E-state index in [1.54, 1.807) is 0 Å². The first-order chi connectivity index (χ1) is 4.42. The Morgan fingerprint density at radius 3 is 1.80 bits per heavy atom. The summed E-state index contributed by atoms with van der Waals surface area (Å²) in [5.41, 5.74) is 0. The van der Waals surface area contributed by atoms with Crippen LogP contribution < -0.4 is 0 Å². The molecule has 0 aliphatic heterocycles. The highest BCUT2D eigenvalue weighted by molar-refractivity contribution is 5.14. The minimum Gasteiger partial charge on any atom is -0.212 e. The summed E-state index contributed by atoms with van der Waals surface area (Å²) in [7, 11) is 0. The van der Waals surface area contributed by atoms with Crippen LogP contribution in [0.2, 0.25) is 0 Å². The van der Waals surface area contributed by atoms with Crippen molar-refractivity contribution in [3.05, 3.63) is 24.6 Å². The van der Waals surface area contributed by atoms with E-state index in [0.29, 0.717) is 0 Å². The number of halogens is 5. The molecule has 0 aromatic carbocycles. The zero-order valence-corrected chi connectivity index (χ0v) is 4.67. The van der Waals surface area contributed by atoms with Crippen LogP contribution in [0.15, 0.2) is 24.6 Å². The highest BCUT2D eigenvalue weighted by atomic mass is 19.3. The second-order valence-electron chi connectivity index (χ2n) is 1.44. The minimum atomic E-state index is -4.53. The van der Waals surface area contributed by atoms with Gasteiger partial charge in [0.1, 0.15) is 6.33 Å². The summed E-state index contributed by atoms with van der Waals surface area (Å²) in [4.78, 5) is 0. The average molecular weight is 158 g/mol. The zero-order valence-electron chi connectivity index (χ0n) is 4.67. The molecule has 0 spiro atoms. The zero-order chi connectivity index (χ0) is 8.36. The van der Waals surface area contributed by atoms with E-state index in [-0.39, 0.29) is 0 Å². The lowest BCUT2D eigenvalue weighted by Gasteiger charge is -2.08. The van der Waals surface area contributed by atoms with Crippen LogP contribution in [0.5, 0.6) is 0 Å². The van der Waals surface area contributed by atoms with Crippen LogP contribution in [-0.2, 0) is 0 Å². The van der Waals surface area contributed by atoms with Crippen molar-refractivity contribution in [2.45, 2.75) is 5.92 Å². The first kappa shape index (κ1) is 9.13. The molecule has 0 N–H and O–H groups in total. The van der Waals surface area contributed by atoms with Crippen LogP contribution in [0.1, 0.15) is 0 Å². The van der Waals surface area contributed by atoms with Gasteiger partial charge in [0.2, 0.25) is 5.83 Å². The Hall–Kier alpha value is -0.870. The highest BCUT2D eigenvalue weighted by Crippen LogP contribution is 2.32. The van der Waals surface area contributed by atoms with Gasteiger partial charge in [0.15, 0.2) is 5.83 Å². The normalized spacial score (nSPS) is 13.5. The van der Waals surface area contributed by atoms with E-state index in [1.165, 1.54) is 0 Å². The van der Waals surface area contributed by atoms with Gasteiger partial charge >= 0.3 is 5.92 Å². The number of rotatable bonds is 2. The van der Waals surface area contributed by atoms with Crippen molar-refractivity contribution < 1.29 is 22.0 Å². The molecule has 0 saturated carbocycles. The minimum absolute atomic E-state index is 1.01. The Morgan fingerprint density at radius 1 is 1.30 bits per heavy atom. The molecule has 0 amide bonds. The fourth-order valence-electron chi connectivity index (χ4n) is 0.198. The molecule has 0 fully saturated rings. The molecule has 0 aliphatic carbocycles. The number of alkyl halides is 2. The number of allylic oxidation sites excluding steroid dienone is 2. The van der Waals surface area contributed by atoms with Gasteiger partial charge in [-0.15, -0.1) is 0 Å². The van der Waals surface area contributed by atoms with Gasteiger partial charge in [-0.1, -0.05) is 6.58 Å². The molecule has 0 aromatic heterocycles. The van der Waals surface area contributed by atoms with Gasteiger partial charge in [0, 0.05) is 0 Å². The maximum Gasteiger partial charge on any atom is 0.351 e. The number of hydrogen-bond donors (Lipinski definition) is 0. The maximum absolute atomic E-state index is 11.8. The first-order valence-corrected chi connectivity index (χ1v) is 2.12. The van der Waals surface area contributed by atoms with Gasteiger partial charge in [0.05, 0.1) is 0 Å². The summed E-state index contributed by atoms with van der Waals surface area (Å²) in [5.74, 6) is -9.24. The molecule has 58 valence electrons. The Bertz CT molecular complexity index is 169. The van der Waals surface area contributed by atoms with Gasteiger partial charge < -0.3 is 0 Å². The van der Waals surface area contributed by atoms with Crippen molar-refractivity contribution in [2.75, 3.05) is 0 Å². The Balaban J connectivity index is 4.56. The van der Waals surface area contributed by atoms with Crippen LogP contribution >= 0.6 is 0 Å². The van der Waals surface area contributed by atoms with Crippen molar-refractivity contribution in [2.24, 2.45) is 0 Å². The Morgan fingerprint density at radius 2 is 1.70 bits per heavy atom. The third-order valence-electron chi connectivity index (χ3n) is 0.736. The molecule has 0 atom stereocenters. The van der Waals surface area contributed by atoms with Crippen molar-refractivity contribution in [1.29, 1.82) is 0 Å². The lowest BCUT2D eigenvalue weighted by Crippen LogP contribution is -2.16. The summed E-state index contributed by atoms with van der Waals surface area (Å²) in [6, 6.07) is 0. The Labute approximate surface area is 53.6 Å². The molecular formula is C5H3F5. The molecule has 0 bridgehead atoms. The molecule has 0 radical (unpaired) electrons. The third kappa shape index (κ3) is 1.55. The number of hydrogen-bond acceptors (Lipinski definition) is 0. The predicted molar refractivity (Wildman–Crippen MR) is 25.5 cm³/mol. The first-order valence-electron chi connectivity index (χ1n) is 2.12. The van der Waals surface area contributed by atoms with Gasteiger partial charge in [-0.3, -0.25) is 0 Å². The summed E-state index contributed by atoms with van der Waals surface area (Å²) in [5, 5.41) is 0. The summed E-state index contributed by atoms with van der Waals surface area (Å²) < 4.78 is 57.7. The van der Waals surface area contributed by atoms with Crippen LogP contribution in [0, 0.1) is 0 Å². The van der Waals surface area contributed by atoms with Crippen LogP contribution in [-0.4, -0.2) is 5.92 Å². The fraction of sp³-hybridized carbons (Fsp3) is 0.200. The standard InChI is InChI=1S/C5H3F5/c1-3(7)5(9,10)4(8)2-6/h2H,1H2. The molecule has 0 rings (SSSR count).